The topological polar surface area (TPSA) is 78.9 Å². The van der Waals surface area contributed by atoms with Crippen molar-refractivity contribution in [2.75, 3.05) is 13.2 Å². The molecule has 0 amide bonds. The molecule has 0 saturated heterocycles. The van der Waals surface area contributed by atoms with Crippen LogP contribution in [0.5, 0.6) is 0 Å². The molecule has 0 unspecified atom stereocenters. The first kappa shape index (κ1) is 44.6. The zero-order valence-electron chi connectivity index (χ0n) is 30.8. The molecule has 47 heavy (non-hydrogen) atoms. The second kappa shape index (κ2) is 36.5. The molecule has 0 rings (SSSR count). The Morgan fingerprint density at radius 2 is 0.851 bits per heavy atom. The van der Waals surface area contributed by atoms with Crippen molar-refractivity contribution in [2.24, 2.45) is 0 Å². The van der Waals surface area contributed by atoms with Crippen molar-refractivity contribution in [3.8, 4) is 0 Å². The summed E-state index contributed by atoms with van der Waals surface area (Å²) < 4.78 is 15.9. The van der Waals surface area contributed by atoms with E-state index in [1.54, 1.807) is 0 Å². The quantitative estimate of drug-likeness (QED) is 0.0296. The third-order valence-electron chi connectivity index (χ3n) is 8.18. The molecule has 0 radical (unpaired) electrons. The molecule has 272 valence electrons. The second-order valence-corrected chi connectivity index (χ2v) is 12.9. The van der Waals surface area contributed by atoms with E-state index in [-0.39, 0.29) is 25.2 Å². The summed E-state index contributed by atoms with van der Waals surface area (Å²) in [4.78, 5) is 35.9. The van der Waals surface area contributed by atoms with Gasteiger partial charge in [-0.05, 0) is 70.6 Å². The molecule has 1 atom stereocenters. The van der Waals surface area contributed by atoms with E-state index < -0.39 is 12.1 Å². The van der Waals surface area contributed by atoms with Gasteiger partial charge in [0.2, 0.25) is 0 Å². The molecule has 0 fully saturated rings. The molecule has 0 aliphatic carbocycles. The molecular formula is C41H72O6. The summed E-state index contributed by atoms with van der Waals surface area (Å²) in [5.74, 6) is -1.11. The van der Waals surface area contributed by atoms with Crippen LogP contribution >= 0.6 is 0 Å². The Bertz CT molecular complexity index is 815. The number of rotatable bonds is 34. The summed E-state index contributed by atoms with van der Waals surface area (Å²) in [5, 5.41) is 0. The standard InChI is InChI=1S/C41H72O6/c1-4-6-8-10-12-14-16-18-20-22-24-26-28-30-32-34-40(43)46-37-39(36-45-38(3)42)47-41(44)35-33-31-29-27-25-23-21-19-17-15-13-11-9-7-5-2/h13,15,18-21,39H,4-12,14,16-17,22-37H2,1-3H3/b15-13-,20-18-,21-19-/t39-/m0/s1. The summed E-state index contributed by atoms with van der Waals surface area (Å²) in [5.41, 5.74) is 0. The highest BCUT2D eigenvalue weighted by molar-refractivity contribution is 5.70. The number of carbonyl (C=O) groups is 3. The Labute approximate surface area is 289 Å². The van der Waals surface area contributed by atoms with Gasteiger partial charge in [-0.15, -0.1) is 0 Å². The van der Waals surface area contributed by atoms with Crippen LogP contribution in [0.1, 0.15) is 188 Å². The normalized spacial score (nSPS) is 12.3. The molecule has 6 nitrogen and oxygen atoms in total. The van der Waals surface area contributed by atoms with Gasteiger partial charge in [0.1, 0.15) is 13.2 Å². The van der Waals surface area contributed by atoms with Gasteiger partial charge in [0, 0.05) is 19.8 Å². The van der Waals surface area contributed by atoms with Crippen LogP contribution in [0.4, 0.5) is 0 Å². The SMILES string of the molecule is CCCCC/C=C\C/C=C\CCCCCCCC(=O)O[C@@H](COC(C)=O)COC(=O)CCCCCCC/C=C\CCCCCCCC. The minimum absolute atomic E-state index is 0.0922. The largest absolute Gasteiger partial charge is 0.462 e. The van der Waals surface area contributed by atoms with Gasteiger partial charge in [0.05, 0.1) is 0 Å². The summed E-state index contributed by atoms with van der Waals surface area (Å²) in [6.07, 6.45) is 41.5. The average Bonchev–Trinajstić information content (AvgIpc) is 3.05. The third kappa shape index (κ3) is 36.3. The Balaban J connectivity index is 3.90. The zero-order valence-corrected chi connectivity index (χ0v) is 30.8. The molecular weight excluding hydrogens is 588 g/mol. The van der Waals surface area contributed by atoms with Gasteiger partial charge in [0.15, 0.2) is 6.10 Å². The van der Waals surface area contributed by atoms with E-state index in [4.69, 9.17) is 14.2 Å². The fourth-order valence-electron chi connectivity index (χ4n) is 5.25. The molecule has 0 aliphatic heterocycles. The maximum absolute atomic E-state index is 12.4. The number of allylic oxidation sites excluding steroid dienone is 6. The van der Waals surface area contributed by atoms with Crippen molar-refractivity contribution in [1.82, 2.24) is 0 Å². The molecule has 0 aromatic carbocycles. The van der Waals surface area contributed by atoms with Gasteiger partial charge in [-0.1, -0.05) is 134 Å². The van der Waals surface area contributed by atoms with Crippen LogP contribution in [0.3, 0.4) is 0 Å². The summed E-state index contributed by atoms with van der Waals surface area (Å²) in [7, 11) is 0. The molecule has 0 aromatic heterocycles. The fourth-order valence-corrected chi connectivity index (χ4v) is 5.25. The van der Waals surface area contributed by atoms with Crippen LogP contribution in [0.25, 0.3) is 0 Å². The van der Waals surface area contributed by atoms with Gasteiger partial charge in [-0.25, -0.2) is 0 Å². The number of carbonyl (C=O) groups excluding carboxylic acids is 3. The number of esters is 3. The smallest absolute Gasteiger partial charge is 0.306 e. The van der Waals surface area contributed by atoms with Gasteiger partial charge in [-0.2, -0.15) is 0 Å². The van der Waals surface area contributed by atoms with Crippen LogP contribution in [0, 0.1) is 0 Å². The van der Waals surface area contributed by atoms with E-state index in [9.17, 15) is 14.4 Å². The molecule has 0 heterocycles. The van der Waals surface area contributed by atoms with Crippen molar-refractivity contribution < 1.29 is 28.6 Å². The van der Waals surface area contributed by atoms with Crippen LogP contribution in [0.15, 0.2) is 36.5 Å². The maximum Gasteiger partial charge on any atom is 0.306 e. The lowest BCUT2D eigenvalue weighted by molar-refractivity contribution is -0.166. The highest BCUT2D eigenvalue weighted by Gasteiger charge is 2.18. The van der Waals surface area contributed by atoms with Gasteiger partial charge in [-0.3, -0.25) is 14.4 Å². The number of hydrogen-bond acceptors (Lipinski definition) is 6. The first-order chi connectivity index (χ1) is 23.0. The highest BCUT2D eigenvalue weighted by atomic mass is 16.6. The van der Waals surface area contributed by atoms with Gasteiger partial charge >= 0.3 is 17.9 Å². The minimum Gasteiger partial charge on any atom is -0.462 e. The van der Waals surface area contributed by atoms with E-state index in [0.717, 1.165) is 70.6 Å². The summed E-state index contributed by atoms with van der Waals surface area (Å²) >= 11 is 0. The Hall–Kier alpha value is -2.37. The molecule has 6 heteroatoms. The van der Waals surface area contributed by atoms with Gasteiger partial charge < -0.3 is 14.2 Å². The van der Waals surface area contributed by atoms with Crippen LogP contribution < -0.4 is 0 Å². The average molecular weight is 661 g/mol. The first-order valence-electron chi connectivity index (χ1n) is 19.4. The minimum atomic E-state index is -0.776. The van der Waals surface area contributed by atoms with Crippen molar-refractivity contribution in [1.29, 1.82) is 0 Å². The molecule has 0 spiro atoms. The molecule has 0 saturated carbocycles. The van der Waals surface area contributed by atoms with Crippen molar-refractivity contribution >= 4 is 17.9 Å². The van der Waals surface area contributed by atoms with E-state index >= 15 is 0 Å². The highest BCUT2D eigenvalue weighted by Crippen LogP contribution is 2.12. The number of hydrogen-bond donors (Lipinski definition) is 0. The Morgan fingerprint density at radius 3 is 1.36 bits per heavy atom. The predicted molar refractivity (Wildman–Crippen MR) is 196 cm³/mol. The Morgan fingerprint density at radius 1 is 0.468 bits per heavy atom. The van der Waals surface area contributed by atoms with Crippen molar-refractivity contribution in [3.63, 3.8) is 0 Å². The molecule has 0 bridgehead atoms. The monoisotopic (exact) mass is 661 g/mol. The third-order valence-corrected chi connectivity index (χ3v) is 8.18. The van der Waals surface area contributed by atoms with Gasteiger partial charge in [0.25, 0.3) is 0 Å². The number of ether oxygens (including phenoxy) is 3. The van der Waals surface area contributed by atoms with Crippen molar-refractivity contribution in [3.05, 3.63) is 36.5 Å². The van der Waals surface area contributed by atoms with E-state index in [2.05, 4.69) is 50.3 Å². The van der Waals surface area contributed by atoms with E-state index in [1.807, 2.05) is 0 Å². The zero-order chi connectivity index (χ0) is 34.5. The van der Waals surface area contributed by atoms with Crippen LogP contribution in [0.2, 0.25) is 0 Å². The Kier molecular flexibility index (Phi) is 34.6. The lowest BCUT2D eigenvalue weighted by Crippen LogP contribution is -2.30. The van der Waals surface area contributed by atoms with Crippen LogP contribution in [-0.2, 0) is 28.6 Å². The first-order valence-corrected chi connectivity index (χ1v) is 19.4. The molecule has 0 aromatic rings. The maximum atomic E-state index is 12.4. The predicted octanol–water partition coefficient (Wildman–Crippen LogP) is 11.9. The second-order valence-electron chi connectivity index (χ2n) is 12.9. The summed E-state index contributed by atoms with van der Waals surface area (Å²) in [6.45, 7) is 5.59. The number of unbranched alkanes of at least 4 members (excludes halogenated alkanes) is 19. The lowest BCUT2D eigenvalue weighted by Gasteiger charge is -2.17. The molecule has 0 N–H and O–H groups in total. The fraction of sp³-hybridized carbons (Fsp3) is 0.780. The van der Waals surface area contributed by atoms with E-state index in [1.165, 1.54) is 90.4 Å². The van der Waals surface area contributed by atoms with Crippen molar-refractivity contribution in [2.45, 2.75) is 194 Å². The summed E-state index contributed by atoms with van der Waals surface area (Å²) in [6, 6.07) is 0. The lowest BCUT2D eigenvalue weighted by atomic mass is 10.1. The molecule has 0 aliphatic rings. The van der Waals surface area contributed by atoms with E-state index in [0.29, 0.717) is 12.8 Å². The van der Waals surface area contributed by atoms with Crippen LogP contribution in [-0.4, -0.2) is 37.2 Å².